The summed E-state index contributed by atoms with van der Waals surface area (Å²) in [6.45, 7) is 3.18. The average molecular weight is 393 g/mol. The van der Waals surface area contributed by atoms with Crippen molar-refractivity contribution in [3.8, 4) is 11.1 Å². The lowest BCUT2D eigenvalue weighted by Gasteiger charge is -2.30. The van der Waals surface area contributed by atoms with Crippen LogP contribution in [0.15, 0.2) is 35.5 Å². The summed E-state index contributed by atoms with van der Waals surface area (Å²) < 4.78 is 13.2. The maximum absolute atomic E-state index is 12.6. The van der Waals surface area contributed by atoms with Crippen LogP contribution in [0.2, 0.25) is 0 Å². The number of aromatic nitrogens is 5. The van der Waals surface area contributed by atoms with Crippen LogP contribution in [0.25, 0.3) is 33.3 Å². The van der Waals surface area contributed by atoms with Gasteiger partial charge in [-0.25, -0.2) is 14.8 Å². The van der Waals surface area contributed by atoms with Crippen molar-refractivity contribution in [1.29, 1.82) is 0 Å². The number of aryl methyl sites for hydroxylation is 1. The summed E-state index contributed by atoms with van der Waals surface area (Å²) in [5.74, 6) is 0. The van der Waals surface area contributed by atoms with Crippen LogP contribution in [0, 0.1) is 6.92 Å². The fourth-order valence-corrected chi connectivity index (χ4v) is 4.23. The summed E-state index contributed by atoms with van der Waals surface area (Å²) in [6.07, 6.45) is 7.24. The number of nitrogens with zero attached hydrogens (tertiary/aromatic N) is 3. The molecule has 8 nitrogen and oxygen atoms in total. The molecule has 8 heteroatoms. The van der Waals surface area contributed by atoms with Gasteiger partial charge in [0.1, 0.15) is 11.8 Å². The summed E-state index contributed by atoms with van der Waals surface area (Å²) in [7, 11) is 1.69. The molecule has 0 amide bonds. The van der Waals surface area contributed by atoms with E-state index in [2.05, 4.69) is 26.9 Å². The molecule has 29 heavy (non-hydrogen) atoms. The molecule has 2 atom stereocenters. The van der Waals surface area contributed by atoms with Gasteiger partial charge < -0.3 is 14.5 Å². The number of hydrogen-bond donors (Lipinski definition) is 2. The lowest BCUT2D eigenvalue weighted by molar-refractivity contribution is -0.0965. The topological polar surface area (TPSA) is 97.8 Å². The molecule has 0 aromatic carbocycles. The predicted octanol–water partition coefficient (Wildman–Crippen LogP) is 2.77. The summed E-state index contributed by atoms with van der Waals surface area (Å²) >= 11 is 0. The fraction of sp³-hybridized carbons (Fsp3) is 0.381. The Balaban J connectivity index is 1.58. The van der Waals surface area contributed by atoms with Crippen molar-refractivity contribution in [3.63, 3.8) is 0 Å². The highest BCUT2D eigenvalue weighted by molar-refractivity contribution is 5.88. The Bertz CT molecular complexity index is 1240. The average Bonchev–Trinajstić information content (AvgIpc) is 3.34. The molecule has 0 radical (unpaired) electrons. The van der Waals surface area contributed by atoms with E-state index in [9.17, 15) is 4.79 Å². The first-order valence-electron chi connectivity index (χ1n) is 9.81. The predicted molar refractivity (Wildman–Crippen MR) is 110 cm³/mol. The van der Waals surface area contributed by atoms with E-state index in [1.165, 1.54) is 0 Å². The molecule has 1 aliphatic heterocycles. The first-order valence-corrected chi connectivity index (χ1v) is 9.81. The van der Waals surface area contributed by atoms with E-state index in [0.29, 0.717) is 18.8 Å². The Labute approximate surface area is 166 Å². The van der Waals surface area contributed by atoms with Gasteiger partial charge >= 0.3 is 5.69 Å². The van der Waals surface area contributed by atoms with Crippen LogP contribution in [0.3, 0.4) is 0 Å². The molecule has 150 valence electrons. The number of pyridine rings is 2. The summed E-state index contributed by atoms with van der Waals surface area (Å²) in [6, 6.07) is 4.01. The van der Waals surface area contributed by atoms with Crippen molar-refractivity contribution in [3.05, 3.63) is 46.8 Å². The standard InChI is InChI=1S/C21H23N5O3/c1-12-14-5-6-22-19(14)24-10-15(12)13-8-16-20(23-9-13)25-21(27)26(16)11-18-17(28-2)4-3-7-29-18/h5-6,8-10,17-18H,3-4,7,11H2,1-2H3,(H,22,24)(H,23,25,27)/t17-,18-/m0/s1. The summed E-state index contributed by atoms with van der Waals surface area (Å²) in [4.78, 5) is 27.6. The Morgan fingerprint density at radius 1 is 1.31 bits per heavy atom. The molecule has 0 unspecified atom stereocenters. The van der Waals surface area contributed by atoms with E-state index in [4.69, 9.17) is 9.47 Å². The molecule has 2 N–H and O–H groups in total. The maximum atomic E-state index is 12.6. The van der Waals surface area contributed by atoms with Crippen LogP contribution in [-0.4, -0.2) is 50.4 Å². The highest BCUT2D eigenvalue weighted by Gasteiger charge is 2.27. The molecule has 0 saturated carbocycles. The van der Waals surface area contributed by atoms with Gasteiger partial charge in [0.05, 0.1) is 18.2 Å². The van der Waals surface area contributed by atoms with Gasteiger partial charge in [-0.3, -0.25) is 9.55 Å². The fourth-order valence-electron chi connectivity index (χ4n) is 4.23. The van der Waals surface area contributed by atoms with Crippen molar-refractivity contribution in [2.24, 2.45) is 0 Å². The summed E-state index contributed by atoms with van der Waals surface area (Å²) in [5.41, 5.74) is 5.03. The Morgan fingerprint density at radius 2 is 2.17 bits per heavy atom. The zero-order valence-electron chi connectivity index (χ0n) is 16.4. The molecule has 5 rings (SSSR count). The minimum absolute atomic E-state index is 0.0146. The van der Waals surface area contributed by atoms with Crippen molar-refractivity contribution >= 4 is 22.2 Å². The monoisotopic (exact) mass is 393 g/mol. The number of imidazole rings is 1. The lowest BCUT2D eigenvalue weighted by Crippen LogP contribution is -2.40. The first kappa shape index (κ1) is 18.1. The van der Waals surface area contributed by atoms with Gasteiger partial charge in [-0.1, -0.05) is 0 Å². The first-order chi connectivity index (χ1) is 14.2. The zero-order chi connectivity index (χ0) is 20.0. The molecule has 4 aromatic rings. The smallest absolute Gasteiger partial charge is 0.327 e. The number of rotatable bonds is 4. The molecule has 0 bridgehead atoms. The van der Waals surface area contributed by atoms with Crippen LogP contribution in [0.1, 0.15) is 18.4 Å². The maximum Gasteiger partial charge on any atom is 0.327 e. The van der Waals surface area contributed by atoms with Gasteiger partial charge in [0.2, 0.25) is 0 Å². The van der Waals surface area contributed by atoms with E-state index in [1.807, 2.05) is 24.5 Å². The van der Waals surface area contributed by atoms with Crippen LogP contribution >= 0.6 is 0 Å². The van der Waals surface area contributed by atoms with Crippen LogP contribution in [0.5, 0.6) is 0 Å². The second kappa shape index (κ2) is 7.13. The van der Waals surface area contributed by atoms with Crippen molar-refractivity contribution < 1.29 is 9.47 Å². The van der Waals surface area contributed by atoms with Gasteiger partial charge in [-0.15, -0.1) is 0 Å². The number of aromatic amines is 2. The van der Waals surface area contributed by atoms with E-state index in [0.717, 1.165) is 46.1 Å². The minimum Gasteiger partial charge on any atom is -0.379 e. The van der Waals surface area contributed by atoms with E-state index in [1.54, 1.807) is 17.9 Å². The van der Waals surface area contributed by atoms with Crippen molar-refractivity contribution in [2.75, 3.05) is 13.7 Å². The number of ether oxygens (including phenoxy) is 2. The zero-order valence-corrected chi connectivity index (χ0v) is 16.4. The molecule has 1 saturated heterocycles. The van der Waals surface area contributed by atoms with Crippen LogP contribution < -0.4 is 5.69 Å². The number of hydrogen-bond acceptors (Lipinski definition) is 5. The lowest BCUT2D eigenvalue weighted by atomic mass is 10.0. The normalized spacial score (nSPS) is 19.9. The van der Waals surface area contributed by atoms with Crippen molar-refractivity contribution in [2.45, 2.75) is 38.5 Å². The van der Waals surface area contributed by atoms with Crippen LogP contribution in [0.4, 0.5) is 0 Å². The van der Waals surface area contributed by atoms with Crippen molar-refractivity contribution in [1.82, 2.24) is 24.5 Å². The second-order valence-corrected chi connectivity index (χ2v) is 7.49. The number of fused-ring (bicyclic) bond motifs is 2. The Hall–Kier alpha value is -2.97. The summed E-state index contributed by atoms with van der Waals surface area (Å²) in [5, 5.41) is 1.08. The van der Waals surface area contributed by atoms with Gasteiger partial charge in [-0.05, 0) is 37.5 Å². The number of H-pyrrole nitrogens is 2. The minimum atomic E-state index is -0.190. The van der Waals surface area contributed by atoms with E-state index < -0.39 is 0 Å². The molecule has 0 aliphatic carbocycles. The Kier molecular flexibility index (Phi) is 4.44. The third-order valence-electron chi connectivity index (χ3n) is 5.84. The third-order valence-corrected chi connectivity index (χ3v) is 5.84. The molecule has 4 aromatic heterocycles. The third kappa shape index (κ3) is 3.04. The molecule has 1 aliphatic rings. The highest BCUT2D eigenvalue weighted by Crippen LogP contribution is 2.29. The molecule has 5 heterocycles. The molecule has 1 fully saturated rings. The SMILES string of the molecule is CO[C@H]1CCCO[C@H]1Cn1c(=O)[nH]c2ncc(-c3cnc4[nH]ccc4c3C)cc21. The van der Waals surface area contributed by atoms with Gasteiger partial charge in [0.15, 0.2) is 5.65 Å². The Morgan fingerprint density at radius 3 is 3.03 bits per heavy atom. The molecular weight excluding hydrogens is 370 g/mol. The van der Waals surface area contributed by atoms with Crippen LogP contribution in [-0.2, 0) is 16.0 Å². The number of methoxy groups -OCH3 is 1. The highest BCUT2D eigenvalue weighted by atomic mass is 16.5. The number of nitrogens with one attached hydrogen (secondary N) is 2. The molecule has 0 spiro atoms. The van der Waals surface area contributed by atoms with Gasteiger partial charge in [0.25, 0.3) is 0 Å². The molecular formula is C21H23N5O3. The van der Waals surface area contributed by atoms with E-state index >= 15 is 0 Å². The quantitative estimate of drug-likeness (QED) is 0.556. The van der Waals surface area contributed by atoms with Gasteiger partial charge in [-0.2, -0.15) is 0 Å². The van der Waals surface area contributed by atoms with Gasteiger partial charge in [0, 0.05) is 48.8 Å². The second-order valence-electron chi connectivity index (χ2n) is 7.49. The van der Waals surface area contributed by atoms with E-state index in [-0.39, 0.29) is 17.9 Å². The largest absolute Gasteiger partial charge is 0.379 e.